The molecule has 142 valence electrons. The lowest BCUT2D eigenvalue weighted by atomic mass is 10.1. The third-order valence-corrected chi connectivity index (χ3v) is 4.83. The molecule has 0 spiro atoms. The zero-order chi connectivity index (χ0) is 19.2. The lowest BCUT2D eigenvalue weighted by molar-refractivity contribution is -0.126. The highest BCUT2D eigenvalue weighted by molar-refractivity contribution is 6.30. The van der Waals surface area contributed by atoms with E-state index in [2.05, 4.69) is 4.90 Å². The molecule has 1 aliphatic heterocycles. The van der Waals surface area contributed by atoms with Gasteiger partial charge in [0.05, 0.1) is 14.2 Å². The van der Waals surface area contributed by atoms with Gasteiger partial charge in [0.25, 0.3) is 0 Å². The number of anilines is 1. The maximum Gasteiger partial charge on any atom is 0.246 e. The van der Waals surface area contributed by atoms with Gasteiger partial charge < -0.3 is 19.3 Å². The summed E-state index contributed by atoms with van der Waals surface area (Å²) in [6.07, 6.45) is 3.41. The van der Waals surface area contributed by atoms with Crippen LogP contribution in [0, 0.1) is 0 Å². The van der Waals surface area contributed by atoms with Gasteiger partial charge in [0.2, 0.25) is 5.91 Å². The van der Waals surface area contributed by atoms with Gasteiger partial charge in [0.1, 0.15) is 0 Å². The number of amides is 1. The second-order valence-electron chi connectivity index (χ2n) is 6.24. The molecule has 0 bridgehead atoms. The summed E-state index contributed by atoms with van der Waals surface area (Å²) in [6.45, 7) is 2.94. The van der Waals surface area contributed by atoms with Crippen molar-refractivity contribution in [3.05, 3.63) is 59.1 Å². The Kier molecular flexibility index (Phi) is 6.24. The standard InChI is InChI=1S/C21H23ClN2O3/c1-26-19-8-6-16(14-20(19)27-2)7-9-21(25)24-12-10-23(11-13-24)18-5-3-4-17(22)15-18/h3-9,14-15H,10-13H2,1-2H3. The number of carbonyl (C=O) groups is 1. The van der Waals surface area contributed by atoms with Gasteiger partial charge in [-0.2, -0.15) is 0 Å². The Balaban J connectivity index is 1.59. The number of piperazine rings is 1. The minimum atomic E-state index is 0.00975. The van der Waals surface area contributed by atoms with Crippen molar-refractivity contribution in [2.45, 2.75) is 0 Å². The van der Waals surface area contributed by atoms with Crippen molar-refractivity contribution in [3.63, 3.8) is 0 Å². The molecule has 0 aromatic heterocycles. The van der Waals surface area contributed by atoms with Crippen molar-refractivity contribution in [2.75, 3.05) is 45.3 Å². The number of benzene rings is 2. The molecular formula is C21H23ClN2O3. The third-order valence-electron chi connectivity index (χ3n) is 4.59. The zero-order valence-corrected chi connectivity index (χ0v) is 16.3. The van der Waals surface area contributed by atoms with Crippen molar-refractivity contribution in [3.8, 4) is 11.5 Å². The summed E-state index contributed by atoms with van der Waals surface area (Å²) in [6, 6.07) is 13.4. The molecule has 1 heterocycles. The van der Waals surface area contributed by atoms with Crippen LogP contribution < -0.4 is 14.4 Å². The summed E-state index contributed by atoms with van der Waals surface area (Å²) in [5.74, 6) is 1.32. The molecular weight excluding hydrogens is 364 g/mol. The van der Waals surface area contributed by atoms with Gasteiger partial charge in [0.15, 0.2) is 11.5 Å². The molecule has 1 saturated heterocycles. The smallest absolute Gasteiger partial charge is 0.246 e. The fourth-order valence-electron chi connectivity index (χ4n) is 3.09. The fourth-order valence-corrected chi connectivity index (χ4v) is 3.27. The predicted octanol–water partition coefficient (Wildman–Crippen LogP) is 3.72. The van der Waals surface area contributed by atoms with Crippen molar-refractivity contribution in [2.24, 2.45) is 0 Å². The van der Waals surface area contributed by atoms with Crippen LogP contribution in [0.5, 0.6) is 11.5 Å². The summed E-state index contributed by atoms with van der Waals surface area (Å²) >= 11 is 6.07. The van der Waals surface area contributed by atoms with E-state index in [-0.39, 0.29) is 5.91 Å². The van der Waals surface area contributed by atoms with Crippen LogP contribution in [-0.2, 0) is 4.79 Å². The predicted molar refractivity (Wildman–Crippen MR) is 109 cm³/mol. The van der Waals surface area contributed by atoms with Gasteiger partial charge in [0, 0.05) is 43.0 Å². The van der Waals surface area contributed by atoms with Gasteiger partial charge in [-0.1, -0.05) is 23.7 Å². The molecule has 2 aromatic carbocycles. The van der Waals surface area contributed by atoms with Crippen LogP contribution in [0.3, 0.4) is 0 Å². The number of rotatable bonds is 5. The van der Waals surface area contributed by atoms with Crippen molar-refractivity contribution in [1.29, 1.82) is 0 Å². The molecule has 1 aliphatic rings. The van der Waals surface area contributed by atoms with Crippen molar-refractivity contribution in [1.82, 2.24) is 4.90 Å². The van der Waals surface area contributed by atoms with Crippen LogP contribution in [0.15, 0.2) is 48.5 Å². The molecule has 0 radical (unpaired) electrons. The van der Waals surface area contributed by atoms with Gasteiger partial charge in [-0.15, -0.1) is 0 Å². The molecule has 1 amide bonds. The van der Waals surface area contributed by atoms with E-state index in [0.29, 0.717) is 24.6 Å². The first-order valence-electron chi connectivity index (χ1n) is 8.80. The largest absolute Gasteiger partial charge is 0.493 e. The Bertz CT molecular complexity index is 830. The number of methoxy groups -OCH3 is 2. The second-order valence-corrected chi connectivity index (χ2v) is 6.68. The fraction of sp³-hybridized carbons (Fsp3) is 0.286. The maximum absolute atomic E-state index is 12.5. The molecule has 0 saturated carbocycles. The first-order chi connectivity index (χ1) is 13.1. The SMILES string of the molecule is COc1ccc(C=CC(=O)N2CCN(c3cccc(Cl)c3)CC2)cc1OC. The Morgan fingerprint density at radius 1 is 1.00 bits per heavy atom. The van der Waals surface area contributed by atoms with E-state index in [1.54, 1.807) is 26.4 Å². The summed E-state index contributed by atoms with van der Waals surface area (Å²) in [7, 11) is 3.19. The average Bonchev–Trinajstić information content (AvgIpc) is 2.71. The molecule has 6 heteroatoms. The van der Waals surface area contributed by atoms with Crippen LogP contribution in [0.4, 0.5) is 5.69 Å². The zero-order valence-electron chi connectivity index (χ0n) is 15.5. The Hall–Kier alpha value is -2.66. The van der Waals surface area contributed by atoms with Crippen LogP contribution in [-0.4, -0.2) is 51.2 Å². The topological polar surface area (TPSA) is 42.0 Å². The van der Waals surface area contributed by atoms with Crippen molar-refractivity contribution < 1.29 is 14.3 Å². The molecule has 0 atom stereocenters. The highest BCUT2D eigenvalue weighted by Gasteiger charge is 2.20. The monoisotopic (exact) mass is 386 g/mol. The molecule has 27 heavy (non-hydrogen) atoms. The van der Waals surface area contributed by atoms with Crippen LogP contribution in [0.25, 0.3) is 6.08 Å². The molecule has 0 N–H and O–H groups in total. The number of hydrogen-bond donors (Lipinski definition) is 0. The third kappa shape index (κ3) is 4.74. The van der Waals surface area contributed by atoms with Crippen molar-refractivity contribution >= 4 is 29.3 Å². The minimum Gasteiger partial charge on any atom is -0.493 e. The van der Waals surface area contributed by atoms with E-state index in [9.17, 15) is 4.79 Å². The average molecular weight is 387 g/mol. The Morgan fingerprint density at radius 3 is 2.41 bits per heavy atom. The van der Waals surface area contributed by atoms with Gasteiger partial charge in [-0.25, -0.2) is 0 Å². The van der Waals surface area contributed by atoms with Gasteiger partial charge >= 0.3 is 0 Å². The summed E-state index contributed by atoms with van der Waals surface area (Å²) in [4.78, 5) is 16.6. The second kappa shape index (κ2) is 8.82. The minimum absolute atomic E-state index is 0.00975. The first kappa shape index (κ1) is 19.1. The number of carbonyl (C=O) groups excluding carboxylic acids is 1. The maximum atomic E-state index is 12.5. The number of halogens is 1. The molecule has 5 nitrogen and oxygen atoms in total. The van der Waals surface area contributed by atoms with Crippen LogP contribution >= 0.6 is 11.6 Å². The van der Waals surface area contributed by atoms with E-state index in [0.717, 1.165) is 29.4 Å². The lowest BCUT2D eigenvalue weighted by Gasteiger charge is -2.35. The van der Waals surface area contributed by atoms with Crippen LogP contribution in [0.2, 0.25) is 5.02 Å². The normalized spacial score (nSPS) is 14.5. The van der Waals surface area contributed by atoms with E-state index >= 15 is 0 Å². The van der Waals surface area contributed by atoms with Crippen LogP contribution in [0.1, 0.15) is 5.56 Å². The Labute approximate surface area is 164 Å². The quantitative estimate of drug-likeness (QED) is 0.734. The van der Waals surface area contributed by atoms with E-state index in [1.807, 2.05) is 47.4 Å². The summed E-state index contributed by atoms with van der Waals surface area (Å²) in [5, 5.41) is 0.726. The molecule has 2 aromatic rings. The Morgan fingerprint density at radius 2 is 1.74 bits per heavy atom. The lowest BCUT2D eigenvalue weighted by Crippen LogP contribution is -2.48. The molecule has 1 fully saturated rings. The number of nitrogens with zero attached hydrogens (tertiary/aromatic N) is 2. The van der Waals surface area contributed by atoms with E-state index in [4.69, 9.17) is 21.1 Å². The molecule has 3 rings (SSSR count). The molecule has 0 aliphatic carbocycles. The van der Waals surface area contributed by atoms with Gasteiger partial charge in [-0.05, 0) is 42.0 Å². The van der Waals surface area contributed by atoms with E-state index in [1.165, 1.54) is 0 Å². The highest BCUT2D eigenvalue weighted by atomic mass is 35.5. The highest BCUT2D eigenvalue weighted by Crippen LogP contribution is 2.28. The summed E-state index contributed by atoms with van der Waals surface area (Å²) in [5.41, 5.74) is 1.98. The molecule has 0 unspecified atom stereocenters. The number of hydrogen-bond acceptors (Lipinski definition) is 4. The van der Waals surface area contributed by atoms with E-state index < -0.39 is 0 Å². The number of ether oxygens (including phenoxy) is 2. The summed E-state index contributed by atoms with van der Waals surface area (Å²) < 4.78 is 10.5. The first-order valence-corrected chi connectivity index (χ1v) is 9.18. The van der Waals surface area contributed by atoms with Gasteiger partial charge in [-0.3, -0.25) is 4.79 Å².